The molecule has 10 heteroatoms. The van der Waals surface area contributed by atoms with Crippen molar-refractivity contribution in [2.75, 3.05) is 0 Å². The number of barbiturate groups is 1. The van der Waals surface area contributed by atoms with Crippen LogP contribution in [-0.2, 0) is 16.2 Å². The summed E-state index contributed by atoms with van der Waals surface area (Å²) in [7, 11) is 0. The second-order valence-electron chi connectivity index (χ2n) is 5.90. The third-order valence-corrected chi connectivity index (χ3v) is 5.46. The maximum Gasteiger partial charge on any atom is 0.335 e. The van der Waals surface area contributed by atoms with Gasteiger partial charge in [-0.05, 0) is 86.7 Å². The Labute approximate surface area is 192 Å². The molecule has 2 aromatic rings. The third-order valence-electron chi connectivity index (χ3n) is 3.86. The Morgan fingerprint density at radius 2 is 1.55 bits per heavy atom. The number of rotatable bonds is 5. The first-order valence-corrected chi connectivity index (χ1v) is 10.2. The Hall–Kier alpha value is -2.48. The van der Waals surface area contributed by atoms with Crippen molar-refractivity contribution in [3.05, 3.63) is 65.8 Å². The Kier molecular flexibility index (Phi) is 6.52. The number of imide groups is 2. The van der Waals surface area contributed by atoms with E-state index in [0.29, 0.717) is 11.3 Å². The van der Waals surface area contributed by atoms with Gasteiger partial charge in [0.05, 0.1) is 12.7 Å². The first-order chi connectivity index (χ1) is 13.7. The number of benzene rings is 2. The number of aromatic carboxylic acids is 1. The summed E-state index contributed by atoms with van der Waals surface area (Å²) in [6.07, 6.45) is 1.40. The smallest absolute Gasteiger partial charge is 0.335 e. The van der Waals surface area contributed by atoms with Crippen molar-refractivity contribution in [3.8, 4) is 5.75 Å². The molecule has 1 aliphatic rings. The third kappa shape index (κ3) is 5.12. The van der Waals surface area contributed by atoms with E-state index in [9.17, 15) is 19.2 Å². The molecule has 0 unspecified atom stereocenters. The van der Waals surface area contributed by atoms with E-state index in [4.69, 9.17) is 9.84 Å². The zero-order chi connectivity index (χ0) is 21.1. The van der Waals surface area contributed by atoms with E-state index in [1.54, 1.807) is 24.3 Å². The highest BCUT2D eigenvalue weighted by atomic mass is 127. The number of urea groups is 1. The number of carbonyl (C=O) groups is 4. The van der Waals surface area contributed by atoms with Crippen LogP contribution in [0.15, 0.2) is 42.0 Å². The quantitative estimate of drug-likeness (QED) is 0.270. The number of nitrogens with one attached hydrogen (secondary N) is 2. The number of halogens is 2. The molecule has 1 saturated heterocycles. The van der Waals surface area contributed by atoms with Gasteiger partial charge < -0.3 is 9.84 Å². The monoisotopic (exact) mass is 618 g/mol. The van der Waals surface area contributed by atoms with Crippen molar-refractivity contribution in [1.82, 2.24) is 10.6 Å². The summed E-state index contributed by atoms with van der Waals surface area (Å²) in [5.74, 6) is -1.87. The van der Waals surface area contributed by atoms with E-state index in [2.05, 4.69) is 45.2 Å². The Balaban J connectivity index is 1.78. The van der Waals surface area contributed by atoms with Crippen molar-refractivity contribution in [1.29, 1.82) is 0 Å². The van der Waals surface area contributed by atoms with Gasteiger partial charge in [0.2, 0.25) is 0 Å². The summed E-state index contributed by atoms with van der Waals surface area (Å²) in [5.41, 5.74) is 1.45. The van der Waals surface area contributed by atoms with Crippen LogP contribution in [0.5, 0.6) is 5.75 Å². The molecule has 0 aliphatic carbocycles. The molecule has 1 fully saturated rings. The predicted octanol–water partition coefficient (Wildman–Crippen LogP) is 2.92. The van der Waals surface area contributed by atoms with E-state index in [1.165, 1.54) is 18.2 Å². The van der Waals surface area contributed by atoms with Crippen LogP contribution in [0.2, 0.25) is 0 Å². The fourth-order valence-corrected chi connectivity index (χ4v) is 4.60. The first kappa shape index (κ1) is 21.2. The molecule has 0 bridgehead atoms. The lowest BCUT2D eigenvalue weighted by molar-refractivity contribution is -0.123. The Bertz CT molecular complexity index is 1020. The van der Waals surface area contributed by atoms with Crippen LogP contribution in [0, 0.1) is 7.14 Å². The number of carbonyl (C=O) groups excluding carboxylic acids is 3. The van der Waals surface area contributed by atoms with Gasteiger partial charge in [0.15, 0.2) is 0 Å². The lowest BCUT2D eigenvalue weighted by Crippen LogP contribution is -2.51. The van der Waals surface area contributed by atoms with Gasteiger partial charge in [0.1, 0.15) is 17.9 Å². The molecule has 2 aromatic carbocycles. The van der Waals surface area contributed by atoms with Gasteiger partial charge in [0, 0.05) is 0 Å². The predicted molar refractivity (Wildman–Crippen MR) is 119 cm³/mol. The first-order valence-electron chi connectivity index (χ1n) is 8.07. The summed E-state index contributed by atoms with van der Waals surface area (Å²) in [4.78, 5) is 45.8. The van der Waals surface area contributed by atoms with Crippen LogP contribution >= 0.6 is 45.2 Å². The number of amides is 4. The van der Waals surface area contributed by atoms with Gasteiger partial charge in [-0.1, -0.05) is 12.1 Å². The molecular weight excluding hydrogens is 606 g/mol. The van der Waals surface area contributed by atoms with Crippen LogP contribution in [0.3, 0.4) is 0 Å². The fraction of sp³-hybridized carbons (Fsp3) is 0.0526. The molecule has 0 spiro atoms. The lowest BCUT2D eigenvalue weighted by Gasteiger charge is -2.15. The molecule has 3 N–H and O–H groups in total. The molecule has 3 rings (SSSR count). The Morgan fingerprint density at radius 1 is 1.00 bits per heavy atom. The van der Waals surface area contributed by atoms with Gasteiger partial charge in [-0.25, -0.2) is 9.59 Å². The van der Waals surface area contributed by atoms with Gasteiger partial charge in [-0.3, -0.25) is 20.2 Å². The highest BCUT2D eigenvalue weighted by Crippen LogP contribution is 2.30. The molecule has 1 aliphatic heterocycles. The minimum absolute atomic E-state index is 0.164. The van der Waals surface area contributed by atoms with Crippen LogP contribution in [0.4, 0.5) is 4.79 Å². The van der Waals surface area contributed by atoms with Gasteiger partial charge >= 0.3 is 12.0 Å². The van der Waals surface area contributed by atoms with Crippen LogP contribution < -0.4 is 15.4 Å². The van der Waals surface area contributed by atoms with Gasteiger partial charge in [0.25, 0.3) is 11.8 Å². The average molecular weight is 618 g/mol. The van der Waals surface area contributed by atoms with E-state index >= 15 is 0 Å². The Morgan fingerprint density at radius 3 is 2.07 bits per heavy atom. The van der Waals surface area contributed by atoms with Crippen molar-refractivity contribution >= 4 is 75.1 Å². The maximum atomic E-state index is 11.9. The summed E-state index contributed by atoms with van der Waals surface area (Å²) in [6, 6.07) is 9.04. The summed E-state index contributed by atoms with van der Waals surface area (Å²) in [6.45, 7) is 0.249. The maximum absolute atomic E-state index is 11.9. The molecule has 0 aromatic heterocycles. The summed E-state index contributed by atoms with van der Waals surface area (Å²) in [5, 5.41) is 13.0. The lowest BCUT2D eigenvalue weighted by atomic mass is 10.1. The van der Waals surface area contributed by atoms with Crippen LogP contribution in [0.1, 0.15) is 21.5 Å². The van der Waals surface area contributed by atoms with E-state index in [1.807, 2.05) is 10.6 Å². The number of carboxylic acid groups (broad SMARTS) is 1. The fourth-order valence-electron chi connectivity index (χ4n) is 2.47. The summed E-state index contributed by atoms with van der Waals surface area (Å²) >= 11 is 4.17. The van der Waals surface area contributed by atoms with Crippen molar-refractivity contribution in [2.24, 2.45) is 0 Å². The molecule has 0 atom stereocenters. The second-order valence-corrected chi connectivity index (χ2v) is 8.22. The standard InChI is InChI=1S/C19H12I2N2O6/c20-13-6-10(5-12-16(24)22-19(28)23-17(12)25)7-14(21)15(13)29-8-9-1-3-11(4-2-9)18(26)27/h1-7H,8H2,(H,26,27)(H2,22,23,24,25,28). The van der Waals surface area contributed by atoms with Crippen molar-refractivity contribution in [2.45, 2.75) is 6.61 Å². The minimum Gasteiger partial charge on any atom is -0.487 e. The molecule has 1 heterocycles. The van der Waals surface area contributed by atoms with Gasteiger partial charge in [-0.15, -0.1) is 0 Å². The zero-order valence-corrected chi connectivity index (χ0v) is 18.8. The largest absolute Gasteiger partial charge is 0.487 e. The summed E-state index contributed by atoms with van der Waals surface area (Å²) < 4.78 is 7.39. The number of ether oxygens (including phenoxy) is 1. The molecule has 4 amide bonds. The molecule has 0 radical (unpaired) electrons. The van der Waals surface area contributed by atoms with E-state index < -0.39 is 23.8 Å². The molecule has 148 valence electrons. The van der Waals surface area contributed by atoms with Gasteiger partial charge in [-0.2, -0.15) is 0 Å². The molecule has 0 saturated carbocycles. The number of hydrogen-bond acceptors (Lipinski definition) is 5. The van der Waals surface area contributed by atoms with Crippen LogP contribution in [0.25, 0.3) is 6.08 Å². The number of hydrogen-bond donors (Lipinski definition) is 3. The molecule has 29 heavy (non-hydrogen) atoms. The second kappa shape index (κ2) is 8.90. The van der Waals surface area contributed by atoms with E-state index in [0.717, 1.165) is 12.7 Å². The van der Waals surface area contributed by atoms with Crippen molar-refractivity contribution in [3.63, 3.8) is 0 Å². The molecule has 8 nitrogen and oxygen atoms in total. The van der Waals surface area contributed by atoms with Crippen molar-refractivity contribution < 1.29 is 29.0 Å². The zero-order valence-electron chi connectivity index (χ0n) is 14.5. The highest BCUT2D eigenvalue weighted by molar-refractivity contribution is 14.1. The highest BCUT2D eigenvalue weighted by Gasteiger charge is 2.27. The topological polar surface area (TPSA) is 122 Å². The SMILES string of the molecule is O=C1NC(=O)C(=Cc2cc(I)c(OCc3ccc(C(=O)O)cc3)c(I)c2)C(=O)N1. The molecular formula is C19H12I2N2O6. The normalized spacial score (nSPS) is 13.6. The van der Waals surface area contributed by atoms with Crippen LogP contribution in [-0.4, -0.2) is 28.9 Å². The van der Waals surface area contributed by atoms with E-state index in [-0.39, 0.29) is 17.7 Å². The number of carboxylic acids is 1. The average Bonchev–Trinajstić information content (AvgIpc) is 2.64. The minimum atomic E-state index is -0.990.